The molecule has 0 bridgehead atoms. The standard InChI is InChI=1S/C19H24N2O/c1-12-6-13(2)10-17(9-12)21-18(22)11-20-19-15(4)7-14(3)8-16(19)5/h6-10,20H,11H2,1-5H3,(H,21,22). The summed E-state index contributed by atoms with van der Waals surface area (Å²) in [6, 6.07) is 10.3. The predicted octanol–water partition coefficient (Wildman–Crippen LogP) is 4.28. The van der Waals surface area contributed by atoms with Gasteiger partial charge in [0.05, 0.1) is 6.54 Å². The quantitative estimate of drug-likeness (QED) is 0.884. The van der Waals surface area contributed by atoms with Gasteiger partial charge >= 0.3 is 0 Å². The van der Waals surface area contributed by atoms with Crippen LogP contribution in [0, 0.1) is 34.6 Å². The lowest BCUT2D eigenvalue weighted by Crippen LogP contribution is -2.22. The van der Waals surface area contributed by atoms with Gasteiger partial charge < -0.3 is 10.6 Å². The Hall–Kier alpha value is -2.29. The second-order valence-electron chi connectivity index (χ2n) is 6.05. The lowest BCUT2D eigenvalue weighted by molar-refractivity contribution is -0.114. The van der Waals surface area contributed by atoms with Gasteiger partial charge in [0.2, 0.25) is 5.91 Å². The monoisotopic (exact) mass is 296 g/mol. The molecule has 0 unspecified atom stereocenters. The van der Waals surface area contributed by atoms with Gasteiger partial charge in [-0.25, -0.2) is 0 Å². The maximum absolute atomic E-state index is 12.1. The fourth-order valence-corrected chi connectivity index (χ4v) is 2.88. The van der Waals surface area contributed by atoms with Gasteiger partial charge in [-0.1, -0.05) is 23.8 Å². The Labute approximate surface area is 132 Å². The number of carbonyl (C=O) groups excluding carboxylic acids is 1. The van der Waals surface area contributed by atoms with E-state index in [4.69, 9.17) is 0 Å². The van der Waals surface area contributed by atoms with Crippen LogP contribution in [-0.2, 0) is 4.79 Å². The maximum atomic E-state index is 12.1. The van der Waals surface area contributed by atoms with Crippen LogP contribution in [-0.4, -0.2) is 12.5 Å². The zero-order valence-corrected chi connectivity index (χ0v) is 14.0. The first-order valence-corrected chi connectivity index (χ1v) is 7.55. The molecular formula is C19H24N2O. The largest absolute Gasteiger partial charge is 0.376 e. The molecule has 2 aromatic rings. The number of hydrogen-bond acceptors (Lipinski definition) is 2. The van der Waals surface area contributed by atoms with Crippen molar-refractivity contribution in [3.63, 3.8) is 0 Å². The van der Waals surface area contributed by atoms with E-state index in [-0.39, 0.29) is 12.5 Å². The number of carbonyl (C=O) groups is 1. The highest BCUT2D eigenvalue weighted by Crippen LogP contribution is 2.21. The molecule has 3 heteroatoms. The molecule has 0 aromatic heterocycles. The van der Waals surface area contributed by atoms with Gasteiger partial charge in [0.25, 0.3) is 0 Å². The average Bonchev–Trinajstić information content (AvgIpc) is 2.35. The SMILES string of the molecule is Cc1cc(C)cc(NC(=O)CNc2c(C)cc(C)cc2C)c1. The summed E-state index contributed by atoms with van der Waals surface area (Å²) < 4.78 is 0. The van der Waals surface area contributed by atoms with Crippen LogP contribution < -0.4 is 10.6 Å². The molecule has 2 N–H and O–H groups in total. The van der Waals surface area contributed by atoms with E-state index in [1.165, 1.54) is 5.56 Å². The van der Waals surface area contributed by atoms with E-state index >= 15 is 0 Å². The average molecular weight is 296 g/mol. The number of benzene rings is 2. The summed E-state index contributed by atoms with van der Waals surface area (Å²) in [6.45, 7) is 10.5. The Morgan fingerprint density at radius 3 is 1.86 bits per heavy atom. The van der Waals surface area contributed by atoms with E-state index in [9.17, 15) is 4.79 Å². The Bertz CT molecular complexity index is 661. The van der Waals surface area contributed by atoms with Crippen LogP contribution in [0.25, 0.3) is 0 Å². The van der Waals surface area contributed by atoms with Gasteiger partial charge in [0, 0.05) is 11.4 Å². The van der Waals surface area contributed by atoms with E-state index in [2.05, 4.69) is 49.6 Å². The van der Waals surface area contributed by atoms with Gasteiger partial charge in [-0.05, 0) is 69.0 Å². The third kappa shape index (κ3) is 4.10. The number of rotatable bonds is 4. The normalized spacial score (nSPS) is 10.4. The van der Waals surface area contributed by atoms with Gasteiger partial charge in [0.15, 0.2) is 0 Å². The minimum Gasteiger partial charge on any atom is -0.376 e. The topological polar surface area (TPSA) is 41.1 Å². The summed E-state index contributed by atoms with van der Waals surface area (Å²) in [4.78, 5) is 12.1. The Morgan fingerprint density at radius 2 is 1.32 bits per heavy atom. The number of nitrogens with one attached hydrogen (secondary N) is 2. The molecule has 0 atom stereocenters. The molecular weight excluding hydrogens is 272 g/mol. The van der Waals surface area contributed by atoms with Crippen molar-refractivity contribution in [2.75, 3.05) is 17.2 Å². The molecule has 22 heavy (non-hydrogen) atoms. The second-order valence-corrected chi connectivity index (χ2v) is 6.05. The van der Waals surface area contributed by atoms with Crippen LogP contribution in [0.1, 0.15) is 27.8 Å². The Balaban J connectivity index is 2.01. The van der Waals surface area contributed by atoms with Crippen molar-refractivity contribution in [1.29, 1.82) is 0 Å². The van der Waals surface area contributed by atoms with Crippen molar-refractivity contribution in [3.8, 4) is 0 Å². The molecule has 0 aliphatic rings. The van der Waals surface area contributed by atoms with Gasteiger partial charge in [-0.15, -0.1) is 0 Å². The van der Waals surface area contributed by atoms with E-state index in [1.54, 1.807) is 0 Å². The summed E-state index contributed by atoms with van der Waals surface area (Å²) in [6.07, 6.45) is 0. The molecule has 116 valence electrons. The minimum atomic E-state index is -0.0376. The van der Waals surface area contributed by atoms with Gasteiger partial charge in [-0.2, -0.15) is 0 Å². The second kappa shape index (κ2) is 6.65. The molecule has 0 radical (unpaired) electrons. The zero-order valence-electron chi connectivity index (χ0n) is 14.0. The summed E-state index contributed by atoms with van der Waals surface area (Å²) in [7, 11) is 0. The lowest BCUT2D eigenvalue weighted by Gasteiger charge is -2.14. The molecule has 2 aromatic carbocycles. The first-order chi connectivity index (χ1) is 10.3. The summed E-state index contributed by atoms with van der Waals surface area (Å²) in [5.41, 5.74) is 7.75. The van der Waals surface area contributed by atoms with E-state index in [0.29, 0.717) is 0 Å². The third-order valence-corrected chi connectivity index (χ3v) is 3.61. The van der Waals surface area contributed by atoms with Crippen LogP contribution in [0.4, 0.5) is 11.4 Å². The first-order valence-electron chi connectivity index (χ1n) is 7.55. The highest BCUT2D eigenvalue weighted by molar-refractivity contribution is 5.94. The molecule has 0 spiro atoms. The highest BCUT2D eigenvalue weighted by Gasteiger charge is 2.07. The van der Waals surface area contributed by atoms with E-state index in [0.717, 1.165) is 33.6 Å². The van der Waals surface area contributed by atoms with Crippen molar-refractivity contribution in [1.82, 2.24) is 0 Å². The van der Waals surface area contributed by atoms with Crippen LogP contribution in [0.3, 0.4) is 0 Å². The van der Waals surface area contributed by atoms with Crippen LogP contribution >= 0.6 is 0 Å². The number of amides is 1. The van der Waals surface area contributed by atoms with Crippen molar-refractivity contribution in [2.45, 2.75) is 34.6 Å². The fourth-order valence-electron chi connectivity index (χ4n) is 2.88. The Morgan fingerprint density at radius 1 is 0.818 bits per heavy atom. The first kappa shape index (κ1) is 16.1. The fraction of sp³-hybridized carbons (Fsp3) is 0.316. The van der Waals surface area contributed by atoms with Crippen molar-refractivity contribution in [2.24, 2.45) is 0 Å². The number of aryl methyl sites for hydroxylation is 5. The molecule has 3 nitrogen and oxygen atoms in total. The van der Waals surface area contributed by atoms with Crippen LogP contribution in [0.15, 0.2) is 30.3 Å². The molecule has 2 rings (SSSR count). The van der Waals surface area contributed by atoms with Crippen molar-refractivity contribution < 1.29 is 4.79 Å². The third-order valence-electron chi connectivity index (χ3n) is 3.61. The molecule has 0 aliphatic heterocycles. The van der Waals surface area contributed by atoms with E-state index < -0.39 is 0 Å². The van der Waals surface area contributed by atoms with E-state index in [1.807, 2.05) is 26.0 Å². The van der Waals surface area contributed by atoms with Crippen molar-refractivity contribution in [3.05, 3.63) is 58.1 Å². The molecule has 1 amide bonds. The molecule has 0 heterocycles. The minimum absolute atomic E-state index is 0.0376. The summed E-state index contributed by atoms with van der Waals surface area (Å²) >= 11 is 0. The summed E-state index contributed by atoms with van der Waals surface area (Å²) in [5, 5.41) is 6.19. The van der Waals surface area contributed by atoms with Gasteiger partial charge in [-0.3, -0.25) is 4.79 Å². The summed E-state index contributed by atoms with van der Waals surface area (Å²) in [5.74, 6) is -0.0376. The molecule has 0 saturated heterocycles. The zero-order chi connectivity index (χ0) is 16.3. The Kier molecular flexibility index (Phi) is 4.86. The predicted molar refractivity (Wildman–Crippen MR) is 93.7 cm³/mol. The lowest BCUT2D eigenvalue weighted by atomic mass is 10.1. The smallest absolute Gasteiger partial charge is 0.243 e. The molecule has 0 fully saturated rings. The van der Waals surface area contributed by atoms with Crippen LogP contribution in [0.2, 0.25) is 0 Å². The van der Waals surface area contributed by atoms with Crippen molar-refractivity contribution >= 4 is 17.3 Å². The number of hydrogen-bond donors (Lipinski definition) is 2. The van der Waals surface area contributed by atoms with Gasteiger partial charge in [0.1, 0.15) is 0 Å². The van der Waals surface area contributed by atoms with Crippen LogP contribution in [0.5, 0.6) is 0 Å². The number of anilines is 2. The highest BCUT2D eigenvalue weighted by atomic mass is 16.1. The molecule has 0 saturated carbocycles. The maximum Gasteiger partial charge on any atom is 0.243 e. The molecule has 0 aliphatic carbocycles.